The number of nitro groups is 1. The number of hydrogen-bond acceptors (Lipinski definition) is 4. The molecule has 2 rings (SSSR count). The van der Waals surface area contributed by atoms with Crippen LogP contribution in [0.1, 0.15) is 56.3 Å². The molecule has 1 amide bonds. The molecule has 0 heterocycles. The minimum Gasteiger partial charge on any atom is -0.363 e. The van der Waals surface area contributed by atoms with Gasteiger partial charge >= 0.3 is 0 Å². The molecule has 0 aliphatic heterocycles. The van der Waals surface area contributed by atoms with Gasteiger partial charge in [0.15, 0.2) is 0 Å². The fourth-order valence-corrected chi connectivity index (χ4v) is 3.31. The summed E-state index contributed by atoms with van der Waals surface area (Å²) in [7, 11) is 1.52. The number of carbonyl (C=O) groups excluding carboxylic acids is 1. The van der Waals surface area contributed by atoms with Gasteiger partial charge in [-0.1, -0.05) is 26.7 Å². The van der Waals surface area contributed by atoms with Gasteiger partial charge in [-0.25, -0.2) is 0 Å². The van der Waals surface area contributed by atoms with E-state index < -0.39 is 0 Å². The van der Waals surface area contributed by atoms with Crippen LogP contribution in [-0.2, 0) is 0 Å². The third-order valence-corrected chi connectivity index (χ3v) is 4.68. The summed E-state index contributed by atoms with van der Waals surface area (Å²) < 4.78 is 0. The molecule has 6 heteroatoms. The first kappa shape index (κ1) is 18.2. The summed E-state index contributed by atoms with van der Waals surface area (Å²) in [5, 5.41) is 14.1. The summed E-state index contributed by atoms with van der Waals surface area (Å²) in [5.74, 6) is 0.234. The molecule has 0 atom stereocenters. The second-order valence-corrected chi connectivity index (χ2v) is 6.85. The molecule has 0 bridgehead atoms. The summed E-state index contributed by atoms with van der Waals surface area (Å²) in [5.41, 5.74) is 0.982. The number of carbonyl (C=O) groups is 1. The zero-order chi connectivity index (χ0) is 17.7. The maximum atomic E-state index is 11.8. The van der Waals surface area contributed by atoms with E-state index in [1.54, 1.807) is 12.1 Å². The predicted molar refractivity (Wildman–Crippen MR) is 95.5 cm³/mol. The number of anilines is 1. The molecule has 6 nitrogen and oxygen atoms in total. The molecule has 0 spiro atoms. The van der Waals surface area contributed by atoms with Crippen LogP contribution in [0, 0.1) is 16.0 Å². The Balaban J connectivity index is 2.39. The topological polar surface area (TPSA) is 75.5 Å². The second-order valence-electron chi connectivity index (χ2n) is 6.85. The number of amides is 1. The number of rotatable bonds is 7. The molecule has 1 fully saturated rings. The van der Waals surface area contributed by atoms with Gasteiger partial charge in [-0.05, 0) is 37.3 Å². The summed E-state index contributed by atoms with van der Waals surface area (Å²) in [4.78, 5) is 25.2. The molecule has 0 aromatic heterocycles. The van der Waals surface area contributed by atoms with Crippen molar-refractivity contribution in [2.75, 3.05) is 18.5 Å². The second kappa shape index (κ2) is 8.13. The van der Waals surface area contributed by atoms with Crippen LogP contribution >= 0.6 is 0 Å². The van der Waals surface area contributed by atoms with E-state index in [1.807, 2.05) is 0 Å². The SMILES string of the molecule is CNC(=O)c1ccc(N(CCC(C)C)C2CCCC2)c([N+](=O)[O-])c1. The average molecular weight is 333 g/mol. The standard InChI is InChI=1S/C18H27N3O3/c1-13(2)10-11-20(15-6-4-5-7-15)16-9-8-14(18(22)19-3)12-17(16)21(23)24/h8-9,12-13,15H,4-7,10-11H2,1-3H3,(H,19,22). The molecule has 24 heavy (non-hydrogen) atoms. The molecule has 0 saturated heterocycles. The fourth-order valence-electron chi connectivity index (χ4n) is 3.31. The quantitative estimate of drug-likeness (QED) is 0.609. The molecule has 1 saturated carbocycles. The summed E-state index contributed by atoms with van der Waals surface area (Å²) in [6.07, 6.45) is 5.49. The highest BCUT2D eigenvalue weighted by molar-refractivity contribution is 5.95. The van der Waals surface area contributed by atoms with Crippen molar-refractivity contribution in [3.63, 3.8) is 0 Å². The van der Waals surface area contributed by atoms with Crippen LogP contribution in [0.25, 0.3) is 0 Å². The van der Waals surface area contributed by atoms with Crippen molar-refractivity contribution in [3.8, 4) is 0 Å². The Bertz CT molecular complexity index is 595. The number of nitrogens with zero attached hydrogens (tertiary/aromatic N) is 2. The van der Waals surface area contributed by atoms with Crippen LogP contribution in [-0.4, -0.2) is 30.5 Å². The van der Waals surface area contributed by atoms with Crippen molar-refractivity contribution in [3.05, 3.63) is 33.9 Å². The van der Waals surface area contributed by atoms with Gasteiger partial charge in [0, 0.05) is 31.3 Å². The lowest BCUT2D eigenvalue weighted by atomic mass is 10.1. The zero-order valence-electron chi connectivity index (χ0n) is 14.7. The van der Waals surface area contributed by atoms with Crippen molar-refractivity contribution in [2.45, 2.75) is 52.0 Å². The first-order valence-electron chi connectivity index (χ1n) is 8.71. The monoisotopic (exact) mass is 333 g/mol. The summed E-state index contributed by atoms with van der Waals surface area (Å²) >= 11 is 0. The Labute approximate surface area is 143 Å². The normalized spacial score (nSPS) is 14.8. The van der Waals surface area contributed by atoms with Gasteiger partial charge < -0.3 is 10.2 Å². The van der Waals surface area contributed by atoms with Crippen molar-refractivity contribution < 1.29 is 9.72 Å². The van der Waals surface area contributed by atoms with Gasteiger partial charge in [-0.3, -0.25) is 14.9 Å². The summed E-state index contributed by atoms with van der Waals surface area (Å²) in [6.45, 7) is 5.13. The number of hydrogen-bond donors (Lipinski definition) is 1. The largest absolute Gasteiger partial charge is 0.363 e. The molecule has 1 N–H and O–H groups in total. The Morgan fingerprint density at radius 2 is 2.04 bits per heavy atom. The molecule has 1 aliphatic rings. The van der Waals surface area contributed by atoms with E-state index in [9.17, 15) is 14.9 Å². The maximum Gasteiger partial charge on any atom is 0.293 e. The van der Waals surface area contributed by atoms with Crippen molar-refractivity contribution in [1.82, 2.24) is 5.32 Å². The van der Waals surface area contributed by atoms with E-state index in [0.29, 0.717) is 23.2 Å². The van der Waals surface area contributed by atoms with Gasteiger partial charge in [0.2, 0.25) is 0 Å². The van der Waals surface area contributed by atoms with E-state index in [4.69, 9.17) is 0 Å². The van der Waals surface area contributed by atoms with Crippen LogP contribution in [0.4, 0.5) is 11.4 Å². The van der Waals surface area contributed by atoms with E-state index in [1.165, 1.54) is 26.0 Å². The molecular formula is C18H27N3O3. The van der Waals surface area contributed by atoms with Gasteiger partial charge in [0.25, 0.3) is 11.6 Å². The highest BCUT2D eigenvalue weighted by Crippen LogP contribution is 2.35. The van der Waals surface area contributed by atoms with Gasteiger partial charge in [-0.15, -0.1) is 0 Å². The molecule has 0 radical (unpaired) electrons. The smallest absolute Gasteiger partial charge is 0.293 e. The van der Waals surface area contributed by atoms with E-state index in [2.05, 4.69) is 24.1 Å². The van der Waals surface area contributed by atoms with Crippen LogP contribution in [0.5, 0.6) is 0 Å². The maximum absolute atomic E-state index is 11.8. The lowest BCUT2D eigenvalue weighted by molar-refractivity contribution is -0.384. The Morgan fingerprint density at radius 1 is 1.38 bits per heavy atom. The van der Waals surface area contributed by atoms with Crippen LogP contribution in [0.2, 0.25) is 0 Å². The first-order valence-corrected chi connectivity index (χ1v) is 8.71. The van der Waals surface area contributed by atoms with Crippen molar-refractivity contribution in [1.29, 1.82) is 0 Å². The highest BCUT2D eigenvalue weighted by atomic mass is 16.6. The predicted octanol–water partition coefficient (Wildman–Crippen LogP) is 3.75. The molecule has 0 unspecified atom stereocenters. The lowest BCUT2D eigenvalue weighted by Gasteiger charge is -2.31. The van der Waals surface area contributed by atoms with Crippen LogP contribution in [0.15, 0.2) is 18.2 Å². The number of nitro benzene ring substituents is 1. The minimum absolute atomic E-state index is 0.0201. The highest BCUT2D eigenvalue weighted by Gasteiger charge is 2.28. The third kappa shape index (κ3) is 4.24. The van der Waals surface area contributed by atoms with Gasteiger partial charge in [-0.2, -0.15) is 0 Å². The molecule has 1 aromatic carbocycles. The Kier molecular flexibility index (Phi) is 6.17. The Hall–Kier alpha value is -2.11. The number of benzene rings is 1. The Morgan fingerprint density at radius 3 is 2.58 bits per heavy atom. The van der Waals surface area contributed by atoms with E-state index in [-0.39, 0.29) is 16.5 Å². The van der Waals surface area contributed by atoms with E-state index in [0.717, 1.165) is 25.8 Å². The first-order chi connectivity index (χ1) is 11.4. The third-order valence-electron chi connectivity index (χ3n) is 4.68. The van der Waals surface area contributed by atoms with Gasteiger partial charge in [0.1, 0.15) is 5.69 Å². The fraction of sp³-hybridized carbons (Fsp3) is 0.611. The molecule has 1 aliphatic carbocycles. The van der Waals surface area contributed by atoms with Crippen molar-refractivity contribution >= 4 is 17.3 Å². The molecular weight excluding hydrogens is 306 g/mol. The van der Waals surface area contributed by atoms with Crippen molar-refractivity contribution in [2.24, 2.45) is 5.92 Å². The molecule has 1 aromatic rings. The number of nitrogens with one attached hydrogen (secondary N) is 1. The van der Waals surface area contributed by atoms with Crippen LogP contribution < -0.4 is 10.2 Å². The lowest BCUT2D eigenvalue weighted by Crippen LogP contribution is -2.35. The van der Waals surface area contributed by atoms with Crippen LogP contribution in [0.3, 0.4) is 0 Å². The van der Waals surface area contributed by atoms with Gasteiger partial charge in [0.05, 0.1) is 4.92 Å². The summed E-state index contributed by atoms with van der Waals surface area (Å²) in [6, 6.07) is 5.17. The van der Waals surface area contributed by atoms with E-state index >= 15 is 0 Å². The average Bonchev–Trinajstić information content (AvgIpc) is 3.08. The minimum atomic E-state index is -0.376. The molecule has 132 valence electrons. The zero-order valence-corrected chi connectivity index (χ0v) is 14.7.